The highest BCUT2D eigenvalue weighted by molar-refractivity contribution is 7.99. The molecular formula is C18H19N7S. The number of nitrogen functional groups attached to an aromatic ring is 2. The Hall–Kier alpha value is -3.26. The molecular weight excluding hydrogens is 346 g/mol. The molecule has 2 aromatic carbocycles. The van der Waals surface area contributed by atoms with E-state index in [1.165, 1.54) is 18.2 Å². The number of hydrogen-bond acceptors (Lipinski definition) is 8. The summed E-state index contributed by atoms with van der Waals surface area (Å²) in [5.74, 6) is 0.760. The molecule has 0 amide bonds. The topological polar surface area (TPSA) is 126 Å². The zero-order valence-electron chi connectivity index (χ0n) is 14.2. The van der Waals surface area contributed by atoms with Crippen LogP contribution in [0.2, 0.25) is 0 Å². The summed E-state index contributed by atoms with van der Waals surface area (Å²) in [4.78, 5) is 8.02. The number of benzene rings is 2. The number of aromatic nitrogens is 2. The van der Waals surface area contributed by atoms with Crippen LogP contribution in [0.3, 0.4) is 0 Å². The molecule has 7 N–H and O–H groups in total. The van der Waals surface area contributed by atoms with Gasteiger partial charge in [-0.1, -0.05) is 24.1 Å². The lowest BCUT2D eigenvalue weighted by atomic mass is 9.99. The molecule has 0 saturated carbocycles. The third-order valence-electron chi connectivity index (χ3n) is 3.71. The molecule has 0 radical (unpaired) electrons. The average molecular weight is 365 g/mol. The molecule has 0 bridgehead atoms. The van der Waals surface area contributed by atoms with Crippen molar-refractivity contribution in [3.8, 4) is 11.1 Å². The largest absolute Gasteiger partial charge is 0.398 e. The van der Waals surface area contributed by atoms with Crippen LogP contribution in [0.4, 0.5) is 28.8 Å². The fourth-order valence-electron chi connectivity index (χ4n) is 2.57. The first kappa shape index (κ1) is 17.6. The van der Waals surface area contributed by atoms with Gasteiger partial charge in [0, 0.05) is 46.9 Å². The zero-order chi connectivity index (χ0) is 18.5. The molecule has 8 heteroatoms. The Balaban J connectivity index is 2.04. The van der Waals surface area contributed by atoms with Crippen molar-refractivity contribution in [2.24, 2.45) is 0 Å². The van der Waals surface area contributed by atoms with Crippen molar-refractivity contribution < 1.29 is 0 Å². The van der Waals surface area contributed by atoms with Crippen LogP contribution in [-0.2, 0) is 0 Å². The van der Waals surface area contributed by atoms with E-state index in [0.29, 0.717) is 17.1 Å². The summed E-state index contributed by atoms with van der Waals surface area (Å²) in [7, 11) is 0. The zero-order valence-corrected chi connectivity index (χ0v) is 15.0. The monoisotopic (exact) mass is 365 g/mol. The van der Waals surface area contributed by atoms with E-state index < -0.39 is 0 Å². The molecule has 1 heterocycles. The fourth-order valence-corrected chi connectivity index (χ4v) is 2.93. The van der Waals surface area contributed by atoms with Gasteiger partial charge >= 0.3 is 0 Å². The van der Waals surface area contributed by atoms with Gasteiger partial charge in [0.1, 0.15) is 5.82 Å². The van der Waals surface area contributed by atoms with Crippen LogP contribution in [-0.4, -0.2) is 22.4 Å². The van der Waals surface area contributed by atoms with Gasteiger partial charge in [-0.3, -0.25) is 0 Å². The number of nitrogens with one attached hydrogen (secondary N) is 3. The second kappa shape index (κ2) is 7.75. The molecule has 0 unspecified atom stereocenters. The summed E-state index contributed by atoms with van der Waals surface area (Å²) in [6, 6.07) is 13.4. The number of nitrogens with zero attached hydrogens (tertiary/aromatic N) is 2. The summed E-state index contributed by atoms with van der Waals surface area (Å²) in [5.41, 5.74) is 16.6. The maximum atomic E-state index is 7.67. The first-order valence-electron chi connectivity index (χ1n) is 7.79. The number of hydrogen-bond donors (Lipinski definition) is 5. The van der Waals surface area contributed by atoms with E-state index in [1.807, 2.05) is 36.6 Å². The molecule has 0 spiro atoms. The van der Waals surface area contributed by atoms with E-state index >= 15 is 0 Å². The van der Waals surface area contributed by atoms with Gasteiger partial charge in [-0.15, -0.1) is 0 Å². The van der Waals surface area contributed by atoms with Crippen LogP contribution in [0, 0.1) is 5.41 Å². The maximum Gasteiger partial charge on any atom is 0.221 e. The van der Waals surface area contributed by atoms with Gasteiger partial charge in [-0.25, -0.2) is 4.98 Å². The van der Waals surface area contributed by atoms with Crippen LogP contribution >= 0.6 is 11.9 Å². The first-order valence-corrected chi connectivity index (χ1v) is 9.02. The van der Waals surface area contributed by atoms with Gasteiger partial charge in [0.05, 0.1) is 0 Å². The van der Waals surface area contributed by atoms with Gasteiger partial charge < -0.3 is 26.9 Å². The quantitative estimate of drug-likeness (QED) is 0.256. The number of rotatable bonds is 6. The van der Waals surface area contributed by atoms with Crippen molar-refractivity contribution in [1.82, 2.24) is 9.97 Å². The summed E-state index contributed by atoms with van der Waals surface area (Å²) in [6.45, 7) is 0. The highest BCUT2D eigenvalue weighted by Crippen LogP contribution is 2.34. The van der Waals surface area contributed by atoms with E-state index in [-0.39, 0.29) is 5.95 Å². The minimum Gasteiger partial charge on any atom is -0.398 e. The van der Waals surface area contributed by atoms with Crippen molar-refractivity contribution >= 4 is 47.0 Å². The molecule has 0 fully saturated rings. The van der Waals surface area contributed by atoms with Crippen LogP contribution in [0.25, 0.3) is 11.1 Å². The standard InChI is InChI=1S/C18H19N7S/c1-26-25-13-4-2-3-11(7-13)15-9-14(8-12(10-19)17(15)20)23-16-5-6-22-18(21)24-16/h2-10,19,25H,20H2,1H3,(H3,21,22,23,24). The van der Waals surface area contributed by atoms with Crippen molar-refractivity contribution in [3.05, 3.63) is 54.2 Å². The lowest BCUT2D eigenvalue weighted by molar-refractivity contribution is 1.18. The van der Waals surface area contributed by atoms with E-state index in [4.69, 9.17) is 16.9 Å². The van der Waals surface area contributed by atoms with E-state index in [2.05, 4.69) is 20.0 Å². The summed E-state index contributed by atoms with van der Waals surface area (Å²) in [5, 5.41) is 10.9. The molecule has 0 aliphatic rings. The predicted molar refractivity (Wildman–Crippen MR) is 111 cm³/mol. The van der Waals surface area contributed by atoms with E-state index in [0.717, 1.165) is 22.5 Å². The van der Waals surface area contributed by atoms with Crippen LogP contribution < -0.4 is 21.5 Å². The number of anilines is 5. The Morgan fingerprint density at radius 1 is 1.12 bits per heavy atom. The third-order valence-corrected chi connectivity index (χ3v) is 4.15. The minimum atomic E-state index is 0.189. The Bertz CT molecular complexity index is 943. The summed E-state index contributed by atoms with van der Waals surface area (Å²) < 4.78 is 3.21. The molecule has 7 nitrogen and oxygen atoms in total. The summed E-state index contributed by atoms with van der Waals surface area (Å²) >= 11 is 1.52. The molecule has 3 rings (SSSR count). The minimum absolute atomic E-state index is 0.189. The van der Waals surface area contributed by atoms with Gasteiger partial charge in [0.15, 0.2) is 0 Å². The third kappa shape index (κ3) is 3.86. The SMILES string of the molecule is CSNc1cccc(-c2cc(Nc3ccnc(N)n3)cc(C=N)c2N)c1. The second-order valence-electron chi connectivity index (χ2n) is 5.48. The van der Waals surface area contributed by atoms with Gasteiger partial charge in [0.2, 0.25) is 5.95 Å². The Morgan fingerprint density at radius 2 is 1.96 bits per heavy atom. The Labute approximate surface area is 155 Å². The molecule has 132 valence electrons. The van der Waals surface area contributed by atoms with Crippen molar-refractivity contribution in [2.75, 3.05) is 27.8 Å². The Kier molecular flexibility index (Phi) is 5.23. The highest BCUT2D eigenvalue weighted by atomic mass is 32.2. The lowest BCUT2D eigenvalue weighted by Crippen LogP contribution is -2.02. The smallest absolute Gasteiger partial charge is 0.221 e. The number of nitrogens with two attached hydrogens (primary N) is 2. The van der Waals surface area contributed by atoms with Crippen LogP contribution in [0.1, 0.15) is 5.56 Å². The predicted octanol–water partition coefficient (Wildman–Crippen LogP) is 3.74. The molecule has 26 heavy (non-hydrogen) atoms. The molecule has 0 aliphatic heterocycles. The van der Waals surface area contributed by atoms with Crippen molar-refractivity contribution in [2.45, 2.75) is 0 Å². The first-order chi connectivity index (χ1) is 12.6. The summed E-state index contributed by atoms with van der Waals surface area (Å²) in [6.07, 6.45) is 4.78. The lowest BCUT2D eigenvalue weighted by Gasteiger charge is -2.14. The van der Waals surface area contributed by atoms with Gasteiger partial charge in [-0.2, -0.15) is 4.98 Å². The Morgan fingerprint density at radius 3 is 2.69 bits per heavy atom. The van der Waals surface area contributed by atoms with Gasteiger partial charge in [0.25, 0.3) is 0 Å². The van der Waals surface area contributed by atoms with Crippen LogP contribution in [0.15, 0.2) is 48.7 Å². The average Bonchev–Trinajstić information content (AvgIpc) is 2.63. The molecule has 0 aliphatic carbocycles. The fraction of sp³-hybridized carbons (Fsp3) is 0.0556. The van der Waals surface area contributed by atoms with Crippen LogP contribution in [0.5, 0.6) is 0 Å². The van der Waals surface area contributed by atoms with E-state index in [9.17, 15) is 0 Å². The maximum absolute atomic E-state index is 7.67. The molecule has 1 aromatic heterocycles. The van der Waals surface area contributed by atoms with Gasteiger partial charge in [-0.05, 0) is 35.9 Å². The second-order valence-corrected chi connectivity index (χ2v) is 6.10. The molecule has 3 aromatic rings. The van der Waals surface area contributed by atoms with Crippen molar-refractivity contribution in [3.63, 3.8) is 0 Å². The highest BCUT2D eigenvalue weighted by Gasteiger charge is 2.10. The normalized spacial score (nSPS) is 10.3. The molecule has 0 atom stereocenters. The molecule has 0 saturated heterocycles. The van der Waals surface area contributed by atoms with Crippen molar-refractivity contribution in [1.29, 1.82) is 5.41 Å². The van der Waals surface area contributed by atoms with E-state index in [1.54, 1.807) is 18.3 Å².